The van der Waals surface area contributed by atoms with E-state index < -0.39 is 0 Å². The number of carbonyl (C=O) groups is 2. The van der Waals surface area contributed by atoms with Gasteiger partial charge in [0.25, 0.3) is 5.56 Å². The smallest absolute Gasteiger partial charge is 0.262 e. The van der Waals surface area contributed by atoms with Gasteiger partial charge in [-0.1, -0.05) is 54.2 Å². The van der Waals surface area contributed by atoms with E-state index in [2.05, 4.69) is 10.3 Å². The maximum Gasteiger partial charge on any atom is 0.262 e. The fraction of sp³-hybridized carbons (Fsp3) is 0.333. The summed E-state index contributed by atoms with van der Waals surface area (Å²) in [6, 6.07) is 16.8. The van der Waals surface area contributed by atoms with Crippen molar-refractivity contribution in [2.24, 2.45) is 0 Å². The maximum absolute atomic E-state index is 13.2. The summed E-state index contributed by atoms with van der Waals surface area (Å²) in [6.07, 6.45) is 0. The Balaban J connectivity index is 1.80. The molecule has 0 bridgehead atoms. The predicted octanol–water partition coefficient (Wildman–Crippen LogP) is 2.91. The highest BCUT2D eigenvalue weighted by molar-refractivity contribution is 7.99. The van der Waals surface area contributed by atoms with Gasteiger partial charge in [0.15, 0.2) is 5.16 Å². The first-order valence-corrected chi connectivity index (χ1v) is 11.3. The van der Waals surface area contributed by atoms with Gasteiger partial charge in [0.05, 0.1) is 29.7 Å². The molecule has 7 nitrogen and oxygen atoms in total. The molecule has 32 heavy (non-hydrogen) atoms. The zero-order valence-electron chi connectivity index (χ0n) is 18.8. The van der Waals surface area contributed by atoms with E-state index in [4.69, 9.17) is 0 Å². The number of benzene rings is 2. The summed E-state index contributed by atoms with van der Waals surface area (Å²) in [7, 11) is 1.59. The van der Waals surface area contributed by atoms with E-state index in [9.17, 15) is 14.4 Å². The molecule has 0 unspecified atom stereocenters. The minimum Gasteiger partial charge on any atom is -0.350 e. The second kappa shape index (κ2) is 9.99. The zero-order chi connectivity index (χ0) is 23.3. The summed E-state index contributed by atoms with van der Waals surface area (Å²) in [5.41, 5.74) is 1.05. The molecule has 0 radical (unpaired) electrons. The number of nitrogens with zero attached hydrogens (tertiary/aromatic N) is 3. The lowest BCUT2D eigenvalue weighted by atomic mass is 10.1. The first kappa shape index (κ1) is 23.5. The maximum atomic E-state index is 13.2. The lowest BCUT2D eigenvalue weighted by Crippen LogP contribution is -2.46. The number of nitrogens with one attached hydrogen (secondary N) is 1. The van der Waals surface area contributed by atoms with Crippen LogP contribution < -0.4 is 10.9 Å². The van der Waals surface area contributed by atoms with Crippen LogP contribution in [0.5, 0.6) is 0 Å². The molecule has 0 fully saturated rings. The number of hydrogen-bond acceptors (Lipinski definition) is 5. The van der Waals surface area contributed by atoms with E-state index in [1.165, 1.54) is 16.7 Å². The molecule has 1 aromatic heterocycles. The fourth-order valence-electron chi connectivity index (χ4n) is 3.16. The Kier molecular flexibility index (Phi) is 7.35. The standard InChI is InChI=1S/C24H28N4O3S/c1-24(2,3)26-20(29)15-27(4)21(30)16-32-23-25-19-13-9-8-12-18(19)22(31)28(23)14-17-10-6-5-7-11-17/h5-13H,14-16H2,1-4H3,(H,26,29). The number of para-hydroxylation sites is 1. The summed E-state index contributed by atoms with van der Waals surface area (Å²) in [5.74, 6) is -0.366. The molecule has 8 heteroatoms. The van der Waals surface area contributed by atoms with Crippen LogP contribution in [0.15, 0.2) is 64.5 Å². The first-order chi connectivity index (χ1) is 15.1. The van der Waals surface area contributed by atoms with Crippen LogP contribution in [0.25, 0.3) is 10.9 Å². The zero-order valence-corrected chi connectivity index (χ0v) is 19.6. The average Bonchev–Trinajstić information content (AvgIpc) is 2.73. The summed E-state index contributed by atoms with van der Waals surface area (Å²) >= 11 is 1.20. The normalized spacial score (nSPS) is 11.4. The van der Waals surface area contributed by atoms with Gasteiger partial charge in [-0.3, -0.25) is 19.0 Å². The third-order valence-electron chi connectivity index (χ3n) is 4.66. The van der Waals surface area contributed by atoms with Crippen molar-refractivity contribution in [1.82, 2.24) is 19.8 Å². The van der Waals surface area contributed by atoms with Crippen molar-refractivity contribution >= 4 is 34.5 Å². The van der Waals surface area contributed by atoms with Crippen LogP contribution in [0.2, 0.25) is 0 Å². The van der Waals surface area contributed by atoms with Crippen LogP contribution in [-0.4, -0.2) is 51.1 Å². The molecular formula is C24H28N4O3S. The van der Waals surface area contributed by atoms with Crippen LogP contribution in [0.4, 0.5) is 0 Å². The Morgan fingerprint density at radius 1 is 1.06 bits per heavy atom. The molecule has 1 heterocycles. The molecule has 3 aromatic rings. The third-order valence-corrected chi connectivity index (χ3v) is 5.62. The molecule has 0 aliphatic rings. The Morgan fingerprint density at radius 3 is 2.41 bits per heavy atom. The second-order valence-corrected chi connectivity index (χ2v) is 9.57. The monoisotopic (exact) mass is 452 g/mol. The van der Waals surface area contributed by atoms with Gasteiger partial charge in [-0.05, 0) is 38.5 Å². The van der Waals surface area contributed by atoms with Gasteiger partial charge in [0, 0.05) is 12.6 Å². The Morgan fingerprint density at radius 2 is 1.72 bits per heavy atom. The van der Waals surface area contributed by atoms with Crippen molar-refractivity contribution in [3.8, 4) is 0 Å². The topological polar surface area (TPSA) is 84.3 Å². The number of rotatable bonds is 7. The molecule has 0 saturated heterocycles. The number of carbonyl (C=O) groups excluding carboxylic acids is 2. The fourth-order valence-corrected chi connectivity index (χ4v) is 4.10. The summed E-state index contributed by atoms with van der Waals surface area (Å²) in [6.45, 7) is 6.00. The van der Waals surface area contributed by atoms with Crippen LogP contribution in [0.3, 0.4) is 0 Å². The van der Waals surface area contributed by atoms with Crippen molar-refractivity contribution in [2.45, 2.75) is 38.0 Å². The summed E-state index contributed by atoms with van der Waals surface area (Å²) in [4.78, 5) is 44.0. The van der Waals surface area contributed by atoms with Gasteiger partial charge >= 0.3 is 0 Å². The molecule has 2 amide bonds. The number of thioether (sulfide) groups is 1. The van der Waals surface area contributed by atoms with E-state index in [1.54, 1.807) is 23.7 Å². The molecule has 0 aliphatic carbocycles. The highest BCUT2D eigenvalue weighted by atomic mass is 32.2. The van der Waals surface area contributed by atoms with Gasteiger partial charge in [-0.25, -0.2) is 4.98 Å². The van der Waals surface area contributed by atoms with Crippen LogP contribution >= 0.6 is 11.8 Å². The number of hydrogen-bond donors (Lipinski definition) is 1. The van der Waals surface area contributed by atoms with E-state index in [0.29, 0.717) is 22.6 Å². The highest BCUT2D eigenvalue weighted by Gasteiger charge is 2.19. The summed E-state index contributed by atoms with van der Waals surface area (Å²) in [5, 5.41) is 3.85. The number of amides is 2. The van der Waals surface area contributed by atoms with Crippen molar-refractivity contribution in [1.29, 1.82) is 0 Å². The van der Waals surface area contributed by atoms with E-state index >= 15 is 0 Å². The number of likely N-dealkylation sites (N-methyl/N-ethyl adjacent to an activating group) is 1. The quantitative estimate of drug-likeness (QED) is 0.440. The van der Waals surface area contributed by atoms with Crippen molar-refractivity contribution in [2.75, 3.05) is 19.3 Å². The number of aromatic nitrogens is 2. The second-order valence-electron chi connectivity index (χ2n) is 8.63. The Labute approximate surface area is 191 Å². The molecule has 0 saturated carbocycles. The van der Waals surface area contributed by atoms with E-state index in [-0.39, 0.29) is 35.2 Å². The molecule has 168 valence electrons. The molecule has 0 spiro atoms. The van der Waals surface area contributed by atoms with Gasteiger partial charge < -0.3 is 10.2 Å². The van der Waals surface area contributed by atoms with Gasteiger partial charge in [0.1, 0.15) is 0 Å². The van der Waals surface area contributed by atoms with E-state index in [0.717, 1.165) is 5.56 Å². The lowest BCUT2D eigenvalue weighted by molar-refractivity contribution is -0.133. The predicted molar refractivity (Wildman–Crippen MR) is 128 cm³/mol. The van der Waals surface area contributed by atoms with E-state index in [1.807, 2.05) is 63.2 Å². The molecular weight excluding hydrogens is 424 g/mol. The Bertz CT molecular complexity index is 1170. The SMILES string of the molecule is CN(CC(=O)NC(C)(C)C)C(=O)CSc1nc2ccccc2c(=O)n1Cc1ccccc1. The molecule has 3 rings (SSSR count). The molecule has 0 aliphatic heterocycles. The largest absolute Gasteiger partial charge is 0.350 e. The lowest BCUT2D eigenvalue weighted by Gasteiger charge is -2.23. The van der Waals surface area contributed by atoms with Crippen LogP contribution in [-0.2, 0) is 16.1 Å². The molecule has 1 N–H and O–H groups in total. The van der Waals surface area contributed by atoms with Crippen LogP contribution in [0, 0.1) is 0 Å². The molecule has 2 aromatic carbocycles. The van der Waals surface area contributed by atoms with Gasteiger partial charge in [-0.15, -0.1) is 0 Å². The molecule has 0 atom stereocenters. The third kappa shape index (κ3) is 6.20. The average molecular weight is 453 g/mol. The van der Waals surface area contributed by atoms with Crippen LogP contribution in [0.1, 0.15) is 26.3 Å². The number of fused-ring (bicyclic) bond motifs is 1. The van der Waals surface area contributed by atoms with Crippen molar-refractivity contribution in [3.05, 3.63) is 70.5 Å². The first-order valence-electron chi connectivity index (χ1n) is 10.4. The van der Waals surface area contributed by atoms with Gasteiger partial charge in [-0.2, -0.15) is 0 Å². The van der Waals surface area contributed by atoms with Gasteiger partial charge in [0.2, 0.25) is 11.8 Å². The summed E-state index contributed by atoms with van der Waals surface area (Å²) < 4.78 is 1.60. The minimum atomic E-state index is -0.363. The minimum absolute atomic E-state index is 0.0291. The highest BCUT2D eigenvalue weighted by Crippen LogP contribution is 2.19. The van der Waals surface area contributed by atoms with Crippen molar-refractivity contribution < 1.29 is 9.59 Å². The van der Waals surface area contributed by atoms with Crippen molar-refractivity contribution in [3.63, 3.8) is 0 Å². The Hall–Kier alpha value is -3.13.